The molecule has 98 valence electrons. The second kappa shape index (κ2) is 6.90. The number of carbonyl (C=O) groups is 2. The van der Waals surface area contributed by atoms with Gasteiger partial charge < -0.3 is 14.4 Å². The molecule has 0 bridgehead atoms. The van der Waals surface area contributed by atoms with Crippen LogP contribution in [0.1, 0.15) is 16.3 Å². The standard InChI is InChI=1S/C12H15NO4S/c1-3-6-13(7-11(14)15)12(16)10-5-4-9(17-10)8-18-2/h3-5H,1,6-8H2,2H3,(H,14,15). The average Bonchev–Trinajstić information content (AvgIpc) is 2.76. The van der Waals surface area contributed by atoms with Gasteiger partial charge in [-0.2, -0.15) is 11.8 Å². The number of hydrogen-bond acceptors (Lipinski definition) is 4. The largest absolute Gasteiger partial charge is 0.480 e. The first-order chi connectivity index (χ1) is 8.58. The highest BCUT2D eigenvalue weighted by atomic mass is 32.2. The Morgan fingerprint density at radius 2 is 2.28 bits per heavy atom. The van der Waals surface area contributed by atoms with Gasteiger partial charge in [0.05, 0.1) is 5.75 Å². The van der Waals surface area contributed by atoms with Crippen molar-refractivity contribution in [2.75, 3.05) is 19.3 Å². The SMILES string of the molecule is C=CCN(CC(=O)O)C(=O)c1ccc(CSC)o1. The van der Waals surface area contributed by atoms with E-state index in [0.717, 1.165) is 4.90 Å². The van der Waals surface area contributed by atoms with Gasteiger partial charge in [0.25, 0.3) is 5.91 Å². The molecule has 0 aliphatic rings. The Bertz CT molecular complexity index is 441. The van der Waals surface area contributed by atoms with Crippen LogP contribution < -0.4 is 0 Å². The lowest BCUT2D eigenvalue weighted by molar-refractivity contribution is -0.137. The summed E-state index contributed by atoms with van der Waals surface area (Å²) in [7, 11) is 0. The van der Waals surface area contributed by atoms with Crippen LogP contribution in [0.15, 0.2) is 29.2 Å². The zero-order valence-electron chi connectivity index (χ0n) is 10.1. The van der Waals surface area contributed by atoms with Crippen LogP contribution in [-0.4, -0.2) is 41.2 Å². The molecule has 1 heterocycles. The Morgan fingerprint density at radius 1 is 1.56 bits per heavy atom. The van der Waals surface area contributed by atoms with E-state index in [1.165, 1.54) is 6.08 Å². The van der Waals surface area contributed by atoms with Crippen LogP contribution in [0.25, 0.3) is 0 Å². The molecule has 0 aliphatic carbocycles. The fraction of sp³-hybridized carbons (Fsp3) is 0.333. The zero-order chi connectivity index (χ0) is 13.5. The van der Waals surface area contributed by atoms with Crippen LogP contribution in [0, 0.1) is 0 Å². The lowest BCUT2D eigenvalue weighted by Gasteiger charge is -2.17. The van der Waals surface area contributed by atoms with Gasteiger partial charge in [-0.15, -0.1) is 6.58 Å². The van der Waals surface area contributed by atoms with Crippen LogP contribution in [-0.2, 0) is 10.5 Å². The maximum atomic E-state index is 12.0. The summed E-state index contributed by atoms with van der Waals surface area (Å²) in [5.41, 5.74) is 0. The topological polar surface area (TPSA) is 70.8 Å². The van der Waals surface area contributed by atoms with Gasteiger partial charge in [-0.3, -0.25) is 9.59 Å². The van der Waals surface area contributed by atoms with Crippen molar-refractivity contribution in [1.29, 1.82) is 0 Å². The molecule has 0 saturated heterocycles. The van der Waals surface area contributed by atoms with Gasteiger partial charge in [-0.25, -0.2) is 0 Å². The number of hydrogen-bond donors (Lipinski definition) is 1. The van der Waals surface area contributed by atoms with Crippen molar-refractivity contribution in [1.82, 2.24) is 4.90 Å². The number of amides is 1. The first-order valence-electron chi connectivity index (χ1n) is 5.28. The van der Waals surface area contributed by atoms with Gasteiger partial charge in [0.2, 0.25) is 0 Å². The predicted molar refractivity (Wildman–Crippen MR) is 69.7 cm³/mol. The van der Waals surface area contributed by atoms with Crippen LogP contribution in [0.4, 0.5) is 0 Å². The molecule has 18 heavy (non-hydrogen) atoms. The summed E-state index contributed by atoms with van der Waals surface area (Å²) in [5, 5.41) is 8.73. The number of carboxylic acids is 1. The molecule has 0 fully saturated rings. The van der Waals surface area contributed by atoms with E-state index >= 15 is 0 Å². The summed E-state index contributed by atoms with van der Waals surface area (Å²) >= 11 is 1.58. The van der Waals surface area contributed by atoms with Crippen LogP contribution in [0.3, 0.4) is 0 Å². The molecule has 1 aromatic rings. The Kier molecular flexibility index (Phi) is 5.51. The first-order valence-corrected chi connectivity index (χ1v) is 6.67. The zero-order valence-corrected chi connectivity index (χ0v) is 10.9. The maximum Gasteiger partial charge on any atom is 0.323 e. The first kappa shape index (κ1) is 14.4. The number of nitrogens with zero attached hydrogens (tertiary/aromatic N) is 1. The second-order valence-electron chi connectivity index (χ2n) is 3.57. The summed E-state index contributed by atoms with van der Waals surface area (Å²) in [4.78, 5) is 23.8. The predicted octanol–water partition coefficient (Wildman–Crippen LogP) is 1.86. The molecule has 0 saturated carbocycles. The molecule has 0 atom stereocenters. The second-order valence-corrected chi connectivity index (χ2v) is 4.43. The Hall–Kier alpha value is -1.69. The third-order valence-electron chi connectivity index (χ3n) is 2.12. The smallest absolute Gasteiger partial charge is 0.323 e. The van der Waals surface area contributed by atoms with E-state index in [9.17, 15) is 9.59 Å². The minimum absolute atomic E-state index is 0.155. The minimum Gasteiger partial charge on any atom is -0.480 e. The lowest BCUT2D eigenvalue weighted by atomic mass is 10.3. The van der Waals surface area contributed by atoms with E-state index < -0.39 is 11.9 Å². The van der Waals surface area contributed by atoms with Gasteiger partial charge in [0.15, 0.2) is 5.76 Å². The quantitative estimate of drug-likeness (QED) is 0.765. The molecular weight excluding hydrogens is 254 g/mol. The van der Waals surface area contributed by atoms with E-state index in [1.54, 1.807) is 23.9 Å². The van der Waals surface area contributed by atoms with E-state index in [1.807, 2.05) is 6.26 Å². The number of aliphatic carboxylic acids is 1. The Labute approximate surface area is 109 Å². The number of rotatable bonds is 7. The monoisotopic (exact) mass is 269 g/mol. The maximum absolute atomic E-state index is 12.0. The Balaban J connectivity index is 2.80. The third-order valence-corrected chi connectivity index (χ3v) is 2.70. The molecule has 1 N–H and O–H groups in total. The molecule has 0 aromatic carbocycles. The molecule has 6 heteroatoms. The number of carbonyl (C=O) groups excluding carboxylic acids is 1. The summed E-state index contributed by atoms with van der Waals surface area (Å²) in [6, 6.07) is 3.28. The molecular formula is C12H15NO4S. The van der Waals surface area contributed by atoms with Crippen LogP contribution in [0.2, 0.25) is 0 Å². The molecule has 5 nitrogen and oxygen atoms in total. The average molecular weight is 269 g/mol. The fourth-order valence-electron chi connectivity index (χ4n) is 1.41. The molecule has 1 aromatic heterocycles. The van der Waals surface area contributed by atoms with Crippen molar-refractivity contribution >= 4 is 23.6 Å². The van der Waals surface area contributed by atoms with Gasteiger partial charge >= 0.3 is 5.97 Å². The fourth-order valence-corrected chi connectivity index (χ4v) is 1.85. The summed E-state index contributed by atoms with van der Waals surface area (Å²) in [6.45, 7) is 3.30. The molecule has 0 spiro atoms. The highest BCUT2D eigenvalue weighted by Crippen LogP contribution is 2.15. The lowest BCUT2D eigenvalue weighted by Crippen LogP contribution is -2.35. The van der Waals surface area contributed by atoms with Crippen molar-refractivity contribution in [2.24, 2.45) is 0 Å². The highest BCUT2D eigenvalue weighted by Gasteiger charge is 2.20. The molecule has 0 aliphatic heterocycles. The summed E-state index contributed by atoms with van der Waals surface area (Å²) < 4.78 is 5.36. The van der Waals surface area contributed by atoms with E-state index in [0.29, 0.717) is 11.5 Å². The van der Waals surface area contributed by atoms with E-state index in [-0.39, 0.29) is 18.8 Å². The molecule has 1 rings (SSSR count). The highest BCUT2D eigenvalue weighted by molar-refractivity contribution is 7.97. The third kappa shape index (κ3) is 3.96. The Morgan fingerprint density at radius 3 is 2.83 bits per heavy atom. The number of thioether (sulfide) groups is 1. The summed E-state index contributed by atoms with van der Waals surface area (Å²) in [6.07, 6.45) is 3.41. The normalized spacial score (nSPS) is 10.1. The van der Waals surface area contributed by atoms with Crippen molar-refractivity contribution in [3.05, 3.63) is 36.3 Å². The number of carboxylic acid groups (broad SMARTS) is 1. The number of furan rings is 1. The van der Waals surface area contributed by atoms with Crippen molar-refractivity contribution < 1.29 is 19.1 Å². The molecule has 0 unspecified atom stereocenters. The van der Waals surface area contributed by atoms with E-state index in [2.05, 4.69) is 6.58 Å². The van der Waals surface area contributed by atoms with E-state index in [4.69, 9.17) is 9.52 Å². The van der Waals surface area contributed by atoms with Gasteiger partial charge in [0, 0.05) is 6.54 Å². The van der Waals surface area contributed by atoms with Crippen molar-refractivity contribution in [2.45, 2.75) is 5.75 Å². The van der Waals surface area contributed by atoms with Crippen LogP contribution in [0.5, 0.6) is 0 Å². The van der Waals surface area contributed by atoms with Gasteiger partial charge in [0.1, 0.15) is 12.3 Å². The van der Waals surface area contributed by atoms with Crippen molar-refractivity contribution in [3.8, 4) is 0 Å². The van der Waals surface area contributed by atoms with Gasteiger partial charge in [-0.05, 0) is 18.4 Å². The molecule has 0 radical (unpaired) electrons. The van der Waals surface area contributed by atoms with Gasteiger partial charge in [-0.1, -0.05) is 6.08 Å². The van der Waals surface area contributed by atoms with Crippen molar-refractivity contribution in [3.63, 3.8) is 0 Å². The summed E-state index contributed by atoms with van der Waals surface area (Å²) in [5.74, 6) is 0.0147. The molecule has 1 amide bonds. The minimum atomic E-state index is -1.07. The van der Waals surface area contributed by atoms with Crippen LogP contribution >= 0.6 is 11.8 Å².